The lowest BCUT2D eigenvalue weighted by atomic mass is 10.1. The summed E-state index contributed by atoms with van der Waals surface area (Å²) in [4.78, 5) is 26.7. The summed E-state index contributed by atoms with van der Waals surface area (Å²) in [5, 5.41) is 2.57. The van der Waals surface area contributed by atoms with Crippen LogP contribution in [0.1, 0.15) is 5.56 Å². The van der Waals surface area contributed by atoms with Gasteiger partial charge in [0.25, 0.3) is 5.91 Å². The van der Waals surface area contributed by atoms with Gasteiger partial charge in [0.15, 0.2) is 6.10 Å². The van der Waals surface area contributed by atoms with Crippen LogP contribution in [0, 0.1) is 0 Å². The van der Waals surface area contributed by atoms with Gasteiger partial charge >= 0.3 is 0 Å². The van der Waals surface area contributed by atoms with E-state index in [9.17, 15) is 9.59 Å². The first kappa shape index (κ1) is 18.6. The van der Waals surface area contributed by atoms with Gasteiger partial charge in [0, 0.05) is 18.7 Å². The zero-order valence-electron chi connectivity index (χ0n) is 15.5. The average Bonchev–Trinajstić information content (AvgIpc) is 2.72. The van der Waals surface area contributed by atoms with Crippen molar-refractivity contribution in [1.82, 2.24) is 5.32 Å². The maximum Gasteiger partial charge on any atom is 0.262 e. The number of hydrogen-bond acceptors (Lipinski definition) is 5. The molecule has 0 fully saturated rings. The van der Waals surface area contributed by atoms with Crippen molar-refractivity contribution in [2.24, 2.45) is 0 Å². The van der Waals surface area contributed by atoms with E-state index < -0.39 is 6.10 Å². The minimum absolute atomic E-state index is 0.127. The molecule has 2 aromatic carbocycles. The highest BCUT2D eigenvalue weighted by Crippen LogP contribution is 2.34. The molecule has 0 bridgehead atoms. The minimum atomic E-state index is -0.758. The molecule has 1 aliphatic rings. The van der Waals surface area contributed by atoms with Gasteiger partial charge in [-0.3, -0.25) is 9.59 Å². The molecule has 0 radical (unpaired) electrons. The molecule has 7 heteroatoms. The summed E-state index contributed by atoms with van der Waals surface area (Å²) in [6.07, 6.45) is -0.631. The molecule has 1 heterocycles. The molecule has 7 nitrogen and oxygen atoms in total. The van der Waals surface area contributed by atoms with Crippen molar-refractivity contribution in [2.45, 2.75) is 12.5 Å². The number of carbonyl (C=O) groups excluding carboxylic acids is 2. The van der Waals surface area contributed by atoms with Crippen molar-refractivity contribution in [2.75, 3.05) is 32.7 Å². The third kappa shape index (κ3) is 3.81. The van der Waals surface area contributed by atoms with Crippen molar-refractivity contribution in [1.29, 1.82) is 0 Å². The Labute approximate surface area is 157 Å². The van der Waals surface area contributed by atoms with Gasteiger partial charge in [-0.1, -0.05) is 18.2 Å². The number of nitrogens with one attached hydrogen (secondary N) is 1. The molecule has 3 rings (SSSR count). The van der Waals surface area contributed by atoms with Crippen molar-refractivity contribution in [3.8, 4) is 17.2 Å². The molecular weight excluding hydrogens is 348 g/mol. The maximum atomic E-state index is 13.1. The van der Waals surface area contributed by atoms with E-state index in [0.29, 0.717) is 22.9 Å². The minimum Gasteiger partial charge on any atom is -0.497 e. The second-order valence-electron chi connectivity index (χ2n) is 6.05. The van der Waals surface area contributed by atoms with E-state index in [0.717, 1.165) is 5.56 Å². The highest BCUT2D eigenvalue weighted by Gasteiger charge is 2.33. The highest BCUT2D eigenvalue weighted by atomic mass is 16.5. The Morgan fingerprint density at radius 3 is 2.67 bits per heavy atom. The maximum absolute atomic E-state index is 13.1. The summed E-state index contributed by atoms with van der Waals surface area (Å²) in [6.45, 7) is 0.147. The Hall–Kier alpha value is -3.22. The van der Waals surface area contributed by atoms with E-state index in [2.05, 4.69) is 5.32 Å². The van der Waals surface area contributed by atoms with Crippen molar-refractivity contribution < 1.29 is 23.8 Å². The van der Waals surface area contributed by atoms with Crippen molar-refractivity contribution in [3.63, 3.8) is 0 Å². The topological polar surface area (TPSA) is 77.1 Å². The van der Waals surface area contributed by atoms with Gasteiger partial charge in [-0.25, -0.2) is 0 Å². The van der Waals surface area contributed by atoms with Crippen molar-refractivity contribution >= 4 is 17.5 Å². The molecule has 2 aromatic rings. The predicted molar refractivity (Wildman–Crippen MR) is 101 cm³/mol. The number of rotatable bonds is 5. The smallest absolute Gasteiger partial charge is 0.262 e. The number of methoxy groups -OCH3 is 2. The van der Waals surface area contributed by atoms with Gasteiger partial charge in [-0.15, -0.1) is 0 Å². The Bertz CT molecular complexity index is 852. The molecule has 0 aliphatic carbocycles. The lowest BCUT2D eigenvalue weighted by Crippen LogP contribution is -2.50. The first-order valence-corrected chi connectivity index (χ1v) is 8.56. The average molecular weight is 370 g/mol. The van der Waals surface area contributed by atoms with Crippen LogP contribution in [-0.4, -0.2) is 45.7 Å². The molecule has 0 spiro atoms. The quantitative estimate of drug-likeness (QED) is 0.868. The Morgan fingerprint density at radius 2 is 1.96 bits per heavy atom. The molecule has 27 heavy (non-hydrogen) atoms. The SMILES string of the molecule is CNC(=O)[C@@H]1CN(C(=O)Cc2ccc(OC)cc2OC)c2ccccc2O1. The molecule has 1 aliphatic heterocycles. The number of amides is 2. The number of hydrogen-bond donors (Lipinski definition) is 1. The normalized spacial score (nSPS) is 15.4. The van der Waals surface area contributed by atoms with Gasteiger partial charge in [0.1, 0.15) is 17.2 Å². The molecule has 2 amide bonds. The second kappa shape index (κ2) is 7.99. The number of fused-ring (bicyclic) bond motifs is 1. The summed E-state index contributed by atoms with van der Waals surface area (Å²) in [5.41, 5.74) is 1.39. The molecule has 1 atom stereocenters. The molecule has 0 saturated heterocycles. The summed E-state index contributed by atoms with van der Waals surface area (Å²) in [5.74, 6) is 1.31. The van der Waals surface area contributed by atoms with Gasteiger partial charge in [-0.2, -0.15) is 0 Å². The molecule has 1 N–H and O–H groups in total. The lowest BCUT2D eigenvalue weighted by Gasteiger charge is -2.34. The summed E-state index contributed by atoms with van der Waals surface area (Å²) in [6, 6.07) is 12.5. The van der Waals surface area contributed by atoms with E-state index in [1.54, 1.807) is 62.6 Å². The molecular formula is C20H22N2O5. The van der Waals surface area contributed by atoms with Gasteiger partial charge in [0.2, 0.25) is 5.91 Å². The zero-order chi connectivity index (χ0) is 19.4. The number of para-hydroxylation sites is 2. The van der Waals surface area contributed by atoms with E-state index in [1.165, 1.54) is 0 Å². The van der Waals surface area contributed by atoms with E-state index in [4.69, 9.17) is 14.2 Å². The standard InChI is InChI=1S/C20H22N2O5/c1-21-20(24)18-12-22(15-6-4-5-7-16(15)27-18)19(23)10-13-8-9-14(25-2)11-17(13)26-3/h4-9,11,18H,10,12H2,1-3H3,(H,21,24)/t18-/m0/s1. The number of anilines is 1. The van der Waals surface area contributed by atoms with Crippen LogP contribution in [0.15, 0.2) is 42.5 Å². The largest absolute Gasteiger partial charge is 0.497 e. The number of benzene rings is 2. The Kier molecular flexibility index (Phi) is 5.49. The van der Waals surface area contributed by atoms with Crippen molar-refractivity contribution in [3.05, 3.63) is 48.0 Å². The van der Waals surface area contributed by atoms with Crippen LogP contribution in [0.5, 0.6) is 17.2 Å². The Balaban J connectivity index is 1.88. The van der Waals surface area contributed by atoms with Crippen LogP contribution < -0.4 is 24.4 Å². The molecule has 0 saturated carbocycles. The number of ether oxygens (including phenoxy) is 3. The molecule has 0 unspecified atom stereocenters. The van der Waals surface area contributed by atoms with Crippen LogP contribution in [0.4, 0.5) is 5.69 Å². The van der Waals surface area contributed by atoms with Gasteiger partial charge < -0.3 is 24.4 Å². The van der Waals surface area contributed by atoms with E-state index in [1.807, 2.05) is 6.07 Å². The summed E-state index contributed by atoms with van der Waals surface area (Å²) < 4.78 is 16.3. The van der Waals surface area contributed by atoms with E-state index >= 15 is 0 Å². The predicted octanol–water partition coefficient (Wildman–Crippen LogP) is 1.79. The number of likely N-dealkylation sites (N-methyl/N-ethyl adjacent to an activating group) is 1. The van der Waals surface area contributed by atoms with Crippen LogP contribution >= 0.6 is 0 Å². The van der Waals surface area contributed by atoms with Crippen LogP contribution in [0.3, 0.4) is 0 Å². The van der Waals surface area contributed by atoms with Crippen LogP contribution in [-0.2, 0) is 16.0 Å². The highest BCUT2D eigenvalue weighted by molar-refractivity contribution is 5.98. The first-order chi connectivity index (χ1) is 13.1. The fraction of sp³-hybridized carbons (Fsp3) is 0.300. The third-order valence-electron chi connectivity index (χ3n) is 4.45. The Morgan fingerprint density at radius 1 is 1.19 bits per heavy atom. The zero-order valence-corrected chi connectivity index (χ0v) is 15.5. The lowest BCUT2D eigenvalue weighted by molar-refractivity contribution is -0.127. The van der Waals surface area contributed by atoms with Gasteiger partial charge in [-0.05, 0) is 18.2 Å². The number of carbonyl (C=O) groups is 2. The van der Waals surface area contributed by atoms with Crippen LogP contribution in [0.2, 0.25) is 0 Å². The van der Waals surface area contributed by atoms with E-state index in [-0.39, 0.29) is 24.8 Å². The van der Waals surface area contributed by atoms with Gasteiger partial charge in [0.05, 0.1) is 32.9 Å². The molecule has 142 valence electrons. The fourth-order valence-corrected chi connectivity index (χ4v) is 3.02. The summed E-state index contributed by atoms with van der Waals surface area (Å²) in [7, 11) is 4.66. The summed E-state index contributed by atoms with van der Waals surface area (Å²) >= 11 is 0. The second-order valence-corrected chi connectivity index (χ2v) is 6.05. The monoisotopic (exact) mass is 370 g/mol. The number of nitrogens with zero attached hydrogens (tertiary/aromatic N) is 1. The third-order valence-corrected chi connectivity index (χ3v) is 4.45. The van der Waals surface area contributed by atoms with Crippen LogP contribution in [0.25, 0.3) is 0 Å². The fourth-order valence-electron chi connectivity index (χ4n) is 3.02. The first-order valence-electron chi connectivity index (χ1n) is 8.56. The molecule has 0 aromatic heterocycles.